The van der Waals surface area contributed by atoms with Crippen molar-refractivity contribution in [2.24, 2.45) is 0 Å². The lowest BCUT2D eigenvalue weighted by molar-refractivity contribution is -0.161. The summed E-state index contributed by atoms with van der Waals surface area (Å²) < 4.78 is 37.7. The lowest BCUT2D eigenvalue weighted by atomic mass is 10.0. The van der Waals surface area contributed by atoms with E-state index in [1.165, 1.54) is 16.1 Å². The van der Waals surface area contributed by atoms with Crippen LogP contribution in [0.1, 0.15) is 32.3 Å². The van der Waals surface area contributed by atoms with Crippen LogP contribution >= 0.6 is 0 Å². The molecule has 33 heavy (non-hydrogen) atoms. The average molecular weight is 475 g/mol. The summed E-state index contributed by atoms with van der Waals surface area (Å²) in [5.74, 6) is -0.149. The minimum absolute atomic E-state index is 0.179. The number of carbonyl (C=O) groups is 2. The van der Waals surface area contributed by atoms with Crippen LogP contribution < -0.4 is 4.74 Å². The minimum atomic E-state index is -3.60. The summed E-state index contributed by atoms with van der Waals surface area (Å²) in [4.78, 5) is 26.7. The third kappa shape index (κ3) is 6.11. The van der Waals surface area contributed by atoms with Gasteiger partial charge in [-0.05, 0) is 36.6 Å². The lowest BCUT2D eigenvalue weighted by Crippen LogP contribution is -2.53. The van der Waals surface area contributed by atoms with E-state index in [0.29, 0.717) is 5.75 Å². The molecule has 0 N–H and O–H groups in total. The molecule has 1 unspecified atom stereocenters. The summed E-state index contributed by atoms with van der Waals surface area (Å²) in [6, 6.07) is 15.7. The van der Waals surface area contributed by atoms with Gasteiger partial charge in [0.1, 0.15) is 5.75 Å². The van der Waals surface area contributed by atoms with E-state index in [1.54, 1.807) is 36.4 Å². The molecule has 1 aliphatic heterocycles. The number of sulfonamides is 1. The minimum Gasteiger partial charge on any atom is -0.482 e. The Labute approximate surface area is 195 Å². The van der Waals surface area contributed by atoms with Gasteiger partial charge < -0.3 is 14.4 Å². The van der Waals surface area contributed by atoms with Gasteiger partial charge in [0.05, 0.1) is 4.90 Å². The van der Waals surface area contributed by atoms with E-state index >= 15 is 0 Å². The highest BCUT2D eigenvalue weighted by Gasteiger charge is 2.32. The van der Waals surface area contributed by atoms with Crippen LogP contribution in [-0.2, 0) is 24.3 Å². The van der Waals surface area contributed by atoms with Gasteiger partial charge in [-0.2, -0.15) is 4.31 Å². The Balaban J connectivity index is 1.49. The average Bonchev–Trinajstić information content (AvgIpc) is 2.83. The highest BCUT2D eigenvalue weighted by atomic mass is 32.2. The van der Waals surface area contributed by atoms with E-state index in [1.807, 2.05) is 32.0 Å². The number of benzene rings is 2. The topological polar surface area (TPSA) is 93.2 Å². The first-order valence-electron chi connectivity index (χ1n) is 11.0. The molecule has 0 aromatic heterocycles. The normalized spacial score (nSPS) is 15.8. The van der Waals surface area contributed by atoms with Gasteiger partial charge in [-0.3, -0.25) is 4.79 Å². The Morgan fingerprint density at radius 3 is 2.15 bits per heavy atom. The zero-order valence-corrected chi connectivity index (χ0v) is 20.0. The van der Waals surface area contributed by atoms with Crippen LogP contribution in [0.25, 0.3) is 0 Å². The molecule has 1 saturated heterocycles. The van der Waals surface area contributed by atoms with Crippen molar-refractivity contribution >= 4 is 21.9 Å². The van der Waals surface area contributed by atoms with Gasteiger partial charge in [0.25, 0.3) is 5.91 Å². The van der Waals surface area contributed by atoms with Crippen molar-refractivity contribution < 1.29 is 27.5 Å². The van der Waals surface area contributed by atoms with Crippen LogP contribution in [0, 0.1) is 0 Å². The Hall–Kier alpha value is -2.91. The smallest absolute Gasteiger partial charge is 0.344 e. The number of carbonyl (C=O) groups excluding carboxylic acids is 2. The van der Waals surface area contributed by atoms with E-state index in [-0.39, 0.29) is 49.5 Å². The number of nitrogens with zero attached hydrogens (tertiary/aromatic N) is 2. The van der Waals surface area contributed by atoms with Gasteiger partial charge in [-0.1, -0.05) is 50.2 Å². The number of para-hydroxylation sites is 1. The molecule has 178 valence electrons. The van der Waals surface area contributed by atoms with Crippen molar-refractivity contribution in [3.63, 3.8) is 0 Å². The fourth-order valence-corrected chi connectivity index (χ4v) is 5.10. The molecule has 0 bridgehead atoms. The van der Waals surface area contributed by atoms with Crippen molar-refractivity contribution in [3.05, 3.63) is 60.2 Å². The Morgan fingerprint density at radius 2 is 1.52 bits per heavy atom. The molecule has 0 aliphatic carbocycles. The maximum atomic E-state index is 12.7. The number of amides is 1. The monoisotopic (exact) mass is 474 g/mol. The number of rotatable bonds is 8. The molecular weight excluding hydrogens is 444 g/mol. The summed E-state index contributed by atoms with van der Waals surface area (Å²) in [5.41, 5.74) is 0.984. The first-order valence-corrected chi connectivity index (χ1v) is 12.4. The molecule has 0 radical (unpaired) electrons. The second-order valence-corrected chi connectivity index (χ2v) is 10.1. The molecule has 0 saturated carbocycles. The third-order valence-electron chi connectivity index (χ3n) is 5.47. The van der Waals surface area contributed by atoms with E-state index in [9.17, 15) is 18.0 Å². The maximum absolute atomic E-state index is 12.7. The second-order valence-electron chi connectivity index (χ2n) is 8.16. The summed E-state index contributed by atoms with van der Waals surface area (Å²) in [6.45, 7) is 6.09. The molecule has 1 fully saturated rings. The van der Waals surface area contributed by atoms with Gasteiger partial charge in [-0.25, -0.2) is 13.2 Å². The Morgan fingerprint density at radius 1 is 0.909 bits per heavy atom. The highest BCUT2D eigenvalue weighted by molar-refractivity contribution is 7.89. The quantitative estimate of drug-likeness (QED) is 0.546. The molecule has 2 aromatic carbocycles. The van der Waals surface area contributed by atoms with Crippen LogP contribution in [0.15, 0.2) is 59.5 Å². The third-order valence-corrected chi connectivity index (χ3v) is 7.39. The first-order chi connectivity index (χ1) is 15.7. The van der Waals surface area contributed by atoms with Gasteiger partial charge in [0, 0.05) is 26.2 Å². The summed E-state index contributed by atoms with van der Waals surface area (Å²) in [7, 11) is -3.60. The molecular formula is C24H30N2O6S. The fourth-order valence-electron chi connectivity index (χ4n) is 3.65. The standard InChI is InChI=1S/C24H30N2O6S/c1-18(2)21-11-7-8-12-22(21)31-17-23(27)32-19(3)24(28)25-13-15-26(16-14-25)33(29,30)20-9-5-4-6-10-20/h4-12,18-19H,13-17H2,1-3H3. The van der Waals surface area contributed by atoms with Gasteiger partial charge in [-0.15, -0.1) is 0 Å². The van der Waals surface area contributed by atoms with E-state index in [4.69, 9.17) is 9.47 Å². The summed E-state index contributed by atoms with van der Waals surface area (Å²) in [5, 5.41) is 0. The zero-order chi connectivity index (χ0) is 24.0. The number of piperazine rings is 1. The second kappa shape index (κ2) is 10.8. The maximum Gasteiger partial charge on any atom is 0.344 e. The van der Waals surface area contributed by atoms with Gasteiger partial charge in [0.2, 0.25) is 10.0 Å². The van der Waals surface area contributed by atoms with Gasteiger partial charge >= 0.3 is 5.97 Å². The van der Waals surface area contributed by atoms with E-state index in [0.717, 1.165) is 5.56 Å². The number of ether oxygens (including phenoxy) is 2. The Bertz CT molecular complexity index is 1060. The molecule has 1 amide bonds. The van der Waals surface area contributed by atoms with E-state index in [2.05, 4.69) is 0 Å². The van der Waals surface area contributed by atoms with E-state index < -0.39 is 22.1 Å². The fraction of sp³-hybridized carbons (Fsp3) is 0.417. The number of hydrogen-bond acceptors (Lipinski definition) is 6. The molecule has 1 atom stereocenters. The van der Waals surface area contributed by atoms with Crippen LogP contribution in [0.3, 0.4) is 0 Å². The van der Waals surface area contributed by atoms with Crippen LogP contribution in [-0.4, -0.2) is 68.4 Å². The molecule has 8 nitrogen and oxygen atoms in total. The SMILES string of the molecule is CC(OC(=O)COc1ccccc1C(C)C)C(=O)N1CCN(S(=O)(=O)c2ccccc2)CC1. The van der Waals surface area contributed by atoms with Gasteiger partial charge in [0.15, 0.2) is 12.7 Å². The molecule has 9 heteroatoms. The molecule has 0 spiro atoms. The summed E-state index contributed by atoms with van der Waals surface area (Å²) in [6.07, 6.45) is -0.987. The van der Waals surface area contributed by atoms with Crippen molar-refractivity contribution in [3.8, 4) is 5.75 Å². The van der Waals surface area contributed by atoms with Crippen LogP contribution in [0.4, 0.5) is 0 Å². The molecule has 3 rings (SSSR count). The number of hydrogen-bond donors (Lipinski definition) is 0. The van der Waals surface area contributed by atoms with Crippen molar-refractivity contribution in [1.29, 1.82) is 0 Å². The Kier molecular flexibility index (Phi) is 8.10. The zero-order valence-electron chi connectivity index (χ0n) is 19.1. The van der Waals surface area contributed by atoms with Crippen LogP contribution in [0.2, 0.25) is 0 Å². The van der Waals surface area contributed by atoms with Crippen molar-refractivity contribution in [2.45, 2.75) is 37.7 Å². The summed E-state index contributed by atoms with van der Waals surface area (Å²) >= 11 is 0. The molecule has 1 aliphatic rings. The first kappa shape index (κ1) is 24.7. The highest BCUT2D eigenvalue weighted by Crippen LogP contribution is 2.25. The van der Waals surface area contributed by atoms with Crippen molar-refractivity contribution in [2.75, 3.05) is 32.8 Å². The predicted octanol–water partition coefficient (Wildman–Crippen LogP) is 2.65. The van der Waals surface area contributed by atoms with Crippen LogP contribution in [0.5, 0.6) is 5.75 Å². The largest absolute Gasteiger partial charge is 0.482 e. The number of esters is 1. The predicted molar refractivity (Wildman–Crippen MR) is 123 cm³/mol. The lowest BCUT2D eigenvalue weighted by Gasteiger charge is -2.35. The molecule has 2 aromatic rings. The van der Waals surface area contributed by atoms with Crippen molar-refractivity contribution in [1.82, 2.24) is 9.21 Å². The molecule has 1 heterocycles.